The van der Waals surface area contributed by atoms with Crippen molar-refractivity contribution in [2.45, 2.75) is 26.2 Å². The third-order valence-electron chi connectivity index (χ3n) is 4.28. The van der Waals surface area contributed by atoms with Crippen molar-refractivity contribution in [3.05, 3.63) is 54.6 Å². The molecule has 0 radical (unpaired) electrons. The smallest absolute Gasteiger partial charge is 0.124 e. The number of nitrogens with one attached hydrogen (secondary N) is 2. The molecule has 1 aromatic heterocycles. The van der Waals surface area contributed by atoms with E-state index in [1.165, 1.54) is 28.3 Å². The number of para-hydroxylation sites is 1. The van der Waals surface area contributed by atoms with Crippen molar-refractivity contribution in [1.29, 1.82) is 0 Å². The molecular formula is C21H26N2O. The Hall–Kier alpha value is -2.26. The van der Waals surface area contributed by atoms with E-state index in [0.717, 1.165) is 43.8 Å². The zero-order chi connectivity index (χ0) is 16.8. The summed E-state index contributed by atoms with van der Waals surface area (Å²) in [4.78, 5) is 3.55. The maximum absolute atomic E-state index is 6.07. The maximum atomic E-state index is 6.07. The maximum Gasteiger partial charge on any atom is 0.124 e. The summed E-state index contributed by atoms with van der Waals surface area (Å²) in [6, 6.07) is 12.7. The number of fused-ring (bicyclic) bond motifs is 3. The Labute approximate surface area is 143 Å². The molecule has 3 heteroatoms. The van der Waals surface area contributed by atoms with E-state index in [1.54, 1.807) is 0 Å². The summed E-state index contributed by atoms with van der Waals surface area (Å²) < 4.78 is 6.07. The number of benzene rings is 2. The van der Waals surface area contributed by atoms with Gasteiger partial charge in [0.15, 0.2) is 0 Å². The lowest BCUT2D eigenvalue weighted by Gasteiger charge is -2.12. The fraction of sp³-hybridized carbons (Fsp3) is 0.333. The molecule has 3 nitrogen and oxygen atoms in total. The largest absolute Gasteiger partial charge is 0.493 e. The topological polar surface area (TPSA) is 37.0 Å². The van der Waals surface area contributed by atoms with E-state index < -0.39 is 0 Å². The summed E-state index contributed by atoms with van der Waals surface area (Å²) in [7, 11) is 0. The molecule has 3 rings (SSSR count). The lowest BCUT2D eigenvalue weighted by Crippen LogP contribution is -2.18. The first-order chi connectivity index (χ1) is 11.8. The molecule has 0 unspecified atom stereocenters. The summed E-state index contributed by atoms with van der Waals surface area (Å²) in [5.41, 5.74) is 3.52. The van der Waals surface area contributed by atoms with E-state index in [2.05, 4.69) is 60.2 Å². The minimum Gasteiger partial charge on any atom is -0.493 e. The first-order valence-electron chi connectivity index (χ1n) is 8.82. The third kappa shape index (κ3) is 3.46. The predicted octanol–water partition coefficient (Wildman–Crippen LogP) is 4.82. The Morgan fingerprint density at radius 1 is 1.12 bits per heavy atom. The van der Waals surface area contributed by atoms with Gasteiger partial charge in [-0.25, -0.2) is 0 Å². The fourth-order valence-electron chi connectivity index (χ4n) is 3.12. The van der Waals surface area contributed by atoms with Gasteiger partial charge in [0.25, 0.3) is 0 Å². The zero-order valence-corrected chi connectivity index (χ0v) is 14.4. The van der Waals surface area contributed by atoms with Crippen LogP contribution in [-0.2, 0) is 6.42 Å². The van der Waals surface area contributed by atoms with Crippen LogP contribution in [0.3, 0.4) is 0 Å². The summed E-state index contributed by atoms with van der Waals surface area (Å²) in [6.07, 6.45) is 4.92. The highest BCUT2D eigenvalue weighted by molar-refractivity contribution is 6.08. The van der Waals surface area contributed by atoms with Gasteiger partial charge in [-0.05, 0) is 50.6 Å². The van der Waals surface area contributed by atoms with Gasteiger partial charge in [-0.15, -0.1) is 6.58 Å². The molecule has 24 heavy (non-hydrogen) atoms. The molecule has 0 amide bonds. The van der Waals surface area contributed by atoms with Crippen molar-refractivity contribution in [3.63, 3.8) is 0 Å². The Morgan fingerprint density at radius 2 is 2.00 bits per heavy atom. The molecule has 2 N–H and O–H groups in total. The SMILES string of the molecule is C=CCc1c(OCCCNCCC)ccc2c1[nH]c1ccccc12. The lowest BCUT2D eigenvalue weighted by atomic mass is 10.1. The third-order valence-corrected chi connectivity index (χ3v) is 4.28. The van der Waals surface area contributed by atoms with Gasteiger partial charge < -0.3 is 15.0 Å². The first-order valence-corrected chi connectivity index (χ1v) is 8.82. The summed E-state index contributed by atoms with van der Waals surface area (Å²) in [5, 5.41) is 5.91. The first kappa shape index (κ1) is 16.6. The van der Waals surface area contributed by atoms with Crippen molar-refractivity contribution in [3.8, 4) is 5.75 Å². The molecule has 3 aromatic rings. The summed E-state index contributed by atoms with van der Waals surface area (Å²) in [5.74, 6) is 0.962. The molecule has 2 aromatic carbocycles. The molecule has 0 aliphatic carbocycles. The van der Waals surface area contributed by atoms with Crippen molar-refractivity contribution >= 4 is 21.8 Å². The van der Waals surface area contributed by atoms with Gasteiger partial charge in [-0.1, -0.05) is 31.2 Å². The molecular weight excluding hydrogens is 296 g/mol. The summed E-state index contributed by atoms with van der Waals surface area (Å²) in [6.45, 7) is 8.89. The second kappa shape index (κ2) is 8.02. The predicted molar refractivity (Wildman–Crippen MR) is 103 cm³/mol. The Morgan fingerprint density at radius 3 is 2.83 bits per heavy atom. The minimum atomic E-state index is 0.729. The number of rotatable bonds is 9. The van der Waals surface area contributed by atoms with Gasteiger partial charge in [0.2, 0.25) is 0 Å². The minimum absolute atomic E-state index is 0.729. The Balaban J connectivity index is 1.83. The van der Waals surface area contributed by atoms with Crippen molar-refractivity contribution in [1.82, 2.24) is 10.3 Å². The molecule has 0 aliphatic heterocycles. The highest BCUT2D eigenvalue weighted by Crippen LogP contribution is 2.33. The monoisotopic (exact) mass is 322 g/mol. The van der Waals surface area contributed by atoms with E-state index in [1.807, 2.05) is 6.08 Å². The van der Waals surface area contributed by atoms with Crippen molar-refractivity contribution in [2.24, 2.45) is 0 Å². The van der Waals surface area contributed by atoms with E-state index in [9.17, 15) is 0 Å². The highest BCUT2D eigenvalue weighted by Gasteiger charge is 2.12. The number of H-pyrrole nitrogens is 1. The van der Waals surface area contributed by atoms with Gasteiger partial charge >= 0.3 is 0 Å². The van der Waals surface area contributed by atoms with Gasteiger partial charge in [-0.2, -0.15) is 0 Å². The molecule has 0 spiro atoms. The normalized spacial score (nSPS) is 11.2. The zero-order valence-electron chi connectivity index (χ0n) is 14.4. The average molecular weight is 322 g/mol. The molecule has 1 heterocycles. The highest BCUT2D eigenvalue weighted by atomic mass is 16.5. The van der Waals surface area contributed by atoms with Crippen LogP contribution in [-0.4, -0.2) is 24.7 Å². The molecule has 0 atom stereocenters. The average Bonchev–Trinajstić information content (AvgIpc) is 2.98. The van der Waals surface area contributed by atoms with Crippen LogP contribution in [0.1, 0.15) is 25.3 Å². The second-order valence-electron chi connectivity index (χ2n) is 6.08. The van der Waals surface area contributed by atoms with Crippen LogP contribution >= 0.6 is 0 Å². The van der Waals surface area contributed by atoms with Crippen LogP contribution in [0.15, 0.2) is 49.1 Å². The van der Waals surface area contributed by atoms with Crippen LogP contribution < -0.4 is 10.1 Å². The number of aromatic nitrogens is 1. The fourth-order valence-corrected chi connectivity index (χ4v) is 3.12. The van der Waals surface area contributed by atoms with Crippen LogP contribution in [0.5, 0.6) is 5.75 Å². The second-order valence-corrected chi connectivity index (χ2v) is 6.08. The van der Waals surface area contributed by atoms with Crippen molar-refractivity contribution in [2.75, 3.05) is 19.7 Å². The number of aromatic amines is 1. The molecule has 0 saturated carbocycles. The Bertz CT molecular complexity index is 819. The molecule has 0 bridgehead atoms. The van der Waals surface area contributed by atoms with E-state index >= 15 is 0 Å². The standard InChI is InChI=1S/C21H26N2O/c1-3-8-18-20(24-15-7-14-22-13-4-2)12-11-17-16-9-5-6-10-19(16)23-21(17)18/h3,5-6,9-12,22-23H,1,4,7-8,13-15H2,2H3. The van der Waals surface area contributed by atoms with Gasteiger partial charge in [0.05, 0.1) is 12.1 Å². The number of hydrogen-bond acceptors (Lipinski definition) is 2. The van der Waals surface area contributed by atoms with Crippen LogP contribution in [0.2, 0.25) is 0 Å². The quantitative estimate of drug-likeness (QED) is 0.438. The number of ether oxygens (including phenoxy) is 1. The van der Waals surface area contributed by atoms with E-state index in [0.29, 0.717) is 0 Å². The van der Waals surface area contributed by atoms with Crippen molar-refractivity contribution < 1.29 is 4.74 Å². The van der Waals surface area contributed by atoms with Gasteiger partial charge in [0, 0.05) is 21.9 Å². The molecule has 0 saturated heterocycles. The molecule has 0 aliphatic rings. The van der Waals surface area contributed by atoms with Crippen LogP contribution in [0.4, 0.5) is 0 Å². The van der Waals surface area contributed by atoms with Gasteiger partial charge in [-0.3, -0.25) is 0 Å². The molecule has 126 valence electrons. The summed E-state index contributed by atoms with van der Waals surface area (Å²) >= 11 is 0. The lowest BCUT2D eigenvalue weighted by molar-refractivity contribution is 0.306. The van der Waals surface area contributed by atoms with E-state index in [4.69, 9.17) is 4.74 Å². The number of allylic oxidation sites excluding steroid dienone is 1. The molecule has 0 fully saturated rings. The number of hydrogen-bond donors (Lipinski definition) is 2. The van der Waals surface area contributed by atoms with Crippen LogP contribution in [0.25, 0.3) is 21.8 Å². The van der Waals surface area contributed by atoms with E-state index in [-0.39, 0.29) is 0 Å². The van der Waals surface area contributed by atoms with Crippen LogP contribution in [0, 0.1) is 0 Å². The van der Waals surface area contributed by atoms with Gasteiger partial charge in [0.1, 0.15) is 5.75 Å². The Kier molecular flexibility index (Phi) is 5.55.